The molecule has 0 saturated carbocycles. The molecule has 0 aliphatic carbocycles. The summed E-state index contributed by atoms with van der Waals surface area (Å²) in [5, 5.41) is 3.63. The zero-order chi connectivity index (χ0) is 18.0. The molecule has 0 aromatic heterocycles. The zero-order valence-electron chi connectivity index (χ0n) is 14.8. The third kappa shape index (κ3) is 3.82. The lowest BCUT2D eigenvalue weighted by Crippen LogP contribution is -2.46. The molecule has 2 aliphatic heterocycles. The van der Waals surface area contributed by atoms with Crippen LogP contribution in [0.5, 0.6) is 0 Å². The van der Waals surface area contributed by atoms with Crippen LogP contribution in [0, 0.1) is 11.3 Å². The van der Waals surface area contributed by atoms with Gasteiger partial charge >= 0.3 is 0 Å². The van der Waals surface area contributed by atoms with Gasteiger partial charge in [-0.15, -0.1) is 0 Å². The van der Waals surface area contributed by atoms with Gasteiger partial charge in [-0.3, -0.25) is 9.59 Å². The molecule has 1 atom stereocenters. The molecule has 0 unspecified atom stereocenters. The van der Waals surface area contributed by atoms with E-state index in [1.165, 1.54) is 0 Å². The van der Waals surface area contributed by atoms with Crippen LogP contribution in [0.3, 0.4) is 0 Å². The van der Waals surface area contributed by atoms with Crippen LogP contribution in [0.15, 0.2) is 24.3 Å². The van der Waals surface area contributed by atoms with Crippen molar-refractivity contribution in [3.8, 4) is 0 Å². The lowest BCUT2D eigenvalue weighted by Gasteiger charge is -2.37. The van der Waals surface area contributed by atoms with Gasteiger partial charge in [0.15, 0.2) is 0 Å². The number of amides is 2. The maximum Gasteiger partial charge on any atom is 0.253 e. The average molecular weight is 365 g/mol. The normalized spacial score (nSPS) is 22.4. The number of carbonyl (C=O) groups excluding carboxylic acids is 2. The van der Waals surface area contributed by atoms with Crippen molar-refractivity contribution in [2.45, 2.75) is 32.7 Å². The molecule has 3 rings (SSSR count). The Bertz CT molecular complexity index is 639. The molecule has 1 aromatic carbocycles. The fourth-order valence-corrected chi connectivity index (χ4v) is 4.06. The molecule has 25 heavy (non-hydrogen) atoms. The number of nitrogens with zero attached hydrogens (tertiary/aromatic N) is 1. The highest BCUT2D eigenvalue weighted by Crippen LogP contribution is 2.44. The van der Waals surface area contributed by atoms with Gasteiger partial charge in [0.25, 0.3) is 5.91 Å². The molecular weight excluding hydrogens is 340 g/mol. The summed E-state index contributed by atoms with van der Waals surface area (Å²) in [7, 11) is 0. The van der Waals surface area contributed by atoms with Gasteiger partial charge in [0.05, 0.1) is 5.92 Å². The molecule has 5 nitrogen and oxygen atoms in total. The first kappa shape index (κ1) is 18.2. The van der Waals surface area contributed by atoms with E-state index in [1.807, 2.05) is 18.7 Å². The Morgan fingerprint density at radius 3 is 2.48 bits per heavy atom. The van der Waals surface area contributed by atoms with E-state index < -0.39 is 0 Å². The summed E-state index contributed by atoms with van der Waals surface area (Å²) in [5.41, 5.74) is 0.427. The smallest absolute Gasteiger partial charge is 0.253 e. The largest absolute Gasteiger partial charge is 0.381 e. The molecule has 2 heterocycles. The van der Waals surface area contributed by atoms with E-state index in [1.54, 1.807) is 24.3 Å². The highest BCUT2D eigenvalue weighted by molar-refractivity contribution is 6.30. The van der Waals surface area contributed by atoms with Gasteiger partial charge in [-0.05, 0) is 51.0 Å². The van der Waals surface area contributed by atoms with Crippen LogP contribution < -0.4 is 5.32 Å². The van der Waals surface area contributed by atoms with Gasteiger partial charge in [0, 0.05) is 48.3 Å². The van der Waals surface area contributed by atoms with Gasteiger partial charge in [0.1, 0.15) is 0 Å². The Kier molecular flexibility index (Phi) is 5.35. The maximum atomic E-state index is 12.9. The minimum atomic E-state index is -0.185. The Morgan fingerprint density at radius 2 is 1.88 bits per heavy atom. The molecule has 136 valence electrons. The third-order valence-electron chi connectivity index (χ3n) is 5.26. The average Bonchev–Trinajstić information content (AvgIpc) is 2.94. The van der Waals surface area contributed by atoms with Gasteiger partial charge < -0.3 is 15.0 Å². The van der Waals surface area contributed by atoms with Crippen molar-refractivity contribution in [1.29, 1.82) is 0 Å². The highest BCUT2D eigenvalue weighted by atomic mass is 35.5. The summed E-state index contributed by atoms with van der Waals surface area (Å²) in [4.78, 5) is 27.5. The number of nitrogens with one attached hydrogen (secondary N) is 1. The first-order chi connectivity index (χ1) is 11.9. The number of rotatable bonds is 3. The standard InChI is InChI=1S/C19H25ClN2O3/c1-13(2)21-17(23)16-11-22(12-19(16)7-9-25-10-8-19)18(24)14-3-5-15(20)6-4-14/h3-6,13,16H,7-12H2,1-2H3,(H,21,23)/t16-/m1/s1. The molecule has 2 amide bonds. The van der Waals surface area contributed by atoms with E-state index in [2.05, 4.69) is 5.32 Å². The zero-order valence-corrected chi connectivity index (χ0v) is 15.5. The second kappa shape index (κ2) is 7.34. The molecule has 1 spiro atoms. The molecule has 1 aromatic rings. The van der Waals surface area contributed by atoms with Crippen LogP contribution in [-0.2, 0) is 9.53 Å². The van der Waals surface area contributed by atoms with E-state index in [-0.39, 0.29) is 29.2 Å². The topological polar surface area (TPSA) is 58.6 Å². The number of halogens is 1. The van der Waals surface area contributed by atoms with Crippen LogP contribution in [0.25, 0.3) is 0 Å². The van der Waals surface area contributed by atoms with Crippen LogP contribution in [-0.4, -0.2) is 49.1 Å². The molecule has 0 radical (unpaired) electrons. The van der Waals surface area contributed by atoms with Crippen molar-refractivity contribution >= 4 is 23.4 Å². The molecule has 0 bridgehead atoms. The second-order valence-electron chi connectivity index (χ2n) is 7.38. The van der Waals surface area contributed by atoms with E-state index in [9.17, 15) is 9.59 Å². The van der Waals surface area contributed by atoms with Crippen LogP contribution in [0.4, 0.5) is 0 Å². The van der Waals surface area contributed by atoms with Crippen molar-refractivity contribution in [3.63, 3.8) is 0 Å². The fourth-order valence-electron chi connectivity index (χ4n) is 3.93. The van der Waals surface area contributed by atoms with E-state index in [0.29, 0.717) is 36.9 Å². The number of benzene rings is 1. The Balaban J connectivity index is 1.82. The van der Waals surface area contributed by atoms with Gasteiger partial charge in [-0.1, -0.05) is 11.6 Å². The number of carbonyl (C=O) groups is 2. The van der Waals surface area contributed by atoms with Gasteiger partial charge in [-0.25, -0.2) is 0 Å². The summed E-state index contributed by atoms with van der Waals surface area (Å²) < 4.78 is 5.51. The molecule has 2 aliphatic rings. The van der Waals surface area contributed by atoms with Crippen LogP contribution in [0.1, 0.15) is 37.0 Å². The Labute approximate surface area is 153 Å². The van der Waals surface area contributed by atoms with E-state index in [4.69, 9.17) is 16.3 Å². The third-order valence-corrected chi connectivity index (χ3v) is 5.51. The van der Waals surface area contributed by atoms with Crippen molar-refractivity contribution in [2.75, 3.05) is 26.3 Å². The molecule has 2 saturated heterocycles. The number of hydrogen-bond acceptors (Lipinski definition) is 3. The summed E-state index contributed by atoms with van der Waals surface area (Å²) in [6.07, 6.45) is 1.63. The SMILES string of the molecule is CC(C)NC(=O)[C@H]1CN(C(=O)c2ccc(Cl)cc2)CC12CCOCC2. The van der Waals surface area contributed by atoms with Crippen molar-refractivity contribution in [2.24, 2.45) is 11.3 Å². The monoisotopic (exact) mass is 364 g/mol. The van der Waals surface area contributed by atoms with Crippen molar-refractivity contribution in [3.05, 3.63) is 34.9 Å². The van der Waals surface area contributed by atoms with Gasteiger partial charge in [0.2, 0.25) is 5.91 Å². The lowest BCUT2D eigenvalue weighted by molar-refractivity contribution is -0.130. The summed E-state index contributed by atoms with van der Waals surface area (Å²) in [6.45, 7) is 6.27. The fraction of sp³-hybridized carbons (Fsp3) is 0.579. The Morgan fingerprint density at radius 1 is 1.24 bits per heavy atom. The minimum Gasteiger partial charge on any atom is -0.381 e. The number of ether oxygens (including phenoxy) is 1. The highest BCUT2D eigenvalue weighted by Gasteiger charge is 2.51. The van der Waals surface area contributed by atoms with Crippen LogP contribution in [0.2, 0.25) is 5.02 Å². The minimum absolute atomic E-state index is 0.0395. The Hall–Kier alpha value is -1.59. The summed E-state index contributed by atoms with van der Waals surface area (Å²) >= 11 is 5.91. The molecular formula is C19H25ClN2O3. The van der Waals surface area contributed by atoms with E-state index >= 15 is 0 Å². The quantitative estimate of drug-likeness (QED) is 0.897. The van der Waals surface area contributed by atoms with Crippen LogP contribution >= 0.6 is 11.6 Å². The molecule has 2 fully saturated rings. The first-order valence-electron chi connectivity index (χ1n) is 8.84. The molecule has 1 N–H and O–H groups in total. The second-order valence-corrected chi connectivity index (χ2v) is 7.82. The van der Waals surface area contributed by atoms with E-state index in [0.717, 1.165) is 12.8 Å². The predicted octanol–water partition coefficient (Wildman–Crippen LogP) is 2.73. The first-order valence-corrected chi connectivity index (χ1v) is 9.22. The van der Waals surface area contributed by atoms with Gasteiger partial charge in [-0.2, -0.15) is 0 Å². The summed E-state index contributed by atoms with van der Waals surface area (Å²) in [6, 6.07) is 7.01. The number of likely N-dealkylation sites (tertiary alicyclic amines) is 1. The predicted molar refractivity (Wildman–Crippen MR) is 96.6 cm³/mol. The molecule has 6 heteroatoms. The van der Waals surface area contributed by atoms with Crippen molar-refractivity contribution < 1.29 is 14.3 Å². The summed E-state index contributed by atoms with van der Waals surface area (Å²) in [5.74, 6) is -0.180. The van der Waals surface area contributed by atoms with Crippen molar-refractivity contribution in [1.82, 2.24) is 10.2 Å². The lowest BCUT2D eigenvalue weighted by atomic mass is 9.71. The maximum absolute atomic E-state index is 12.9. The number of hydrogen-bond donors (Lipinski definition) is 1.